The van der Waals surface area contributed by atoms with Gasteiger partial charge in [0.1, 0.15) is 17.9 Å². The van der Waals surface area contributed by atoms with Crippen molar-refractivity contribution in [3.8, 4) is 5.75 Å². The number of ether oxygens (including phenoxy) is 1. The molecule has 0 saturated carbocycles. The molecule has 1 N–H and O–H groups in total. The molecule has 0 aromatic heterocycles. The number of fused-ring (bicyclic) bond motifs is 1. The van der Waals surface area contributed by atoms with Gasteiger partial charge in [0.2, 0.25) is 0 Å². The molecule has 1 aliphatic rings. The van der Waals surface area contributed by atoms with Crippen molar-refractivity contribution in [3.05, 3.63) is 89.5 Å². The Balaban J connectivity index is 1.86. The SMILES string of the molecule is C=CCOc1ccc2ccccc2c1/C=C1\C(=O)NC(=O)N(c2cc(C)cc(C)c2)C1=O. The molecule has 3 aromatic carbocycles. The highest BCUT2D eigenvalue weighted by atomic mass is 16.5. The Morgan fingerprint density at radius 2 is 1.72 bits per heavy atom. The molecule has 0 radical (unpaired) electrons. The van der Waals surface area contributed by atoms with Crippen LogP contribution in [0.2, 0.25) is 0 Å². The number of urea groups is 1. The van der Waals surface area contributed by atoms with Gasteiger partial charge >= 0.3 is 6.03 Å². The van der Waals surface area contributed by atoms with Gasteiger partial charge in [0.15, 0.2) is 0 Å². The normalized spacial score (nSPS) is 15.2. The first-order valence-electron chi connectivity index (χ1n) is 10.1. The molecule has 4 amide bonds. The van der Waals surface area contributed by atoms with E-state index in [9.17, 15) is 14.4 Å². The van der Waals surface area contributed by atoms with E-state index in [2.05, 4.69) is 11.9 Å². The Morgan fingerprint density at radius 1 is 1.00 bits per heavy atom. The van der Waals surface area contributed by atoms with Crippen LogP contribution in [0.1, 0.15) is 16.7 Å². The minimum Gasteiger partial charge on any atom is -0.489 e. The van der Waals surface area contributed by atoms with E-state index < -0.39 is 17.8 Å². The van der Waals surface area contributed by atoms with Crippen molar-refractivity contribution in [2.75, 3.05) is 11.5 Å². The van der Waals surface area contributed by atoms with Crippen LogP contribution in [0.25, 0.3) is 16.8 Å². The topological polar surface area (TPSA) is 75.7 Å². The van der Waals surface area contributed by atoms with Crippen LogP contribution in [0.5, 0.6) is 5.75 Å². The fraction of sp³-hybridized carbons (Fsp3) is 0.115. The molecule has 4 rings (SSSR count). The summed E-state index contributed by atoms with van der Waals surface area (Å²) >= 11 is 0. The molecule has 1 heterocycles. The number of hydrogen-bond donors (Lipinski definition) is 1. The molecule has 6 heteroatoms. The number of nitrogens with zero attached hydrogens (tertiary/aromatic N) is 1. The summed E-state index contributed by atoms with van der Waals surface area (Å²) in [5.74, 6) is -0.930. The van der Waals surface area contributed by atoms with E-state index in [0.29, 0.717) is 17.0 Å². The molecule has 1 saturated heterocycles. The zero-order valence-electron chi connectivity index (χ0n) is 17.8. The van der Waals surface area contributed by atoms with Crippen LogP contribution >= 0.6 is 0 Å². The average molecular weight is 426 g/mol. The number of hydrogen-bond acceptors (Lipinski definition) is 4. The fourth-order valence-corrected chi connectivity index (χ4v) is 3.82. The number of carbonyl (C=O) groups excluding carboxylic acids is 3. The fourth-order valence-electron chi connectivity index (χ4n) is 3.82. The van der Waals surface area contributed by atoms with Crippen LogP contribution < -0.4 is 15.0 Å². The van der Waals surface area contributed by atoms with Crippen molar-refractivity contribution < 1.29 is 19.1 Å². The maximum Gasteiger partial charge on any atom is 0.335 e. The highest BCUT2D eigenvalue weighted by Gasteiger charge is 2.37. The Hall–Kier alpha value is -4.19. The second-order valence-corrected chi connectivity index (χ2v) is 7.60. The highest BCUT2D eigenvalue weighted by molar-refractivity contribution is 6.39. The van der Waals surface area contributed by atoms with Gasteiger partial charge < -0.3 is 4.74 Å². The molecule has 0 atom stereocenters. The minimum absolute atomic E-state index is 0.149. The molecule has 0 spiro atoms. The lowest BCUT2D eigenvalue weighted by molar-refractivity contribution is -0.122. The summed E-state index contributed by atoms with van der Waals surface area (Å²) in [5.41, 5.74) is 2.64. The van der Waals surface area contributed by atoms with Gasteiger partial charge in [0, 0.05) is 5.56 Å². The van der Waals surface area contributed by atoms with Crippen LogP contribution in [0.3, 0.4) is 0 Å². The van der Waals surface area contributed by atoms with E-state index in [4.69, 9.17) is 4.74 Å². The van der Waals surface area contributed by atoms with E-state index in [1.54, 1.807) is 24.3 Å². The van der Waals surface area contributed by atoms with Crippen molar-refractivity contribution >= 4 is 40.4 Å². The lowest BCUT2D eigenvalue weighted by atomic mass is 9.99. The van der Waals surface area contributed by atoms with Gasteiger partial charge in [-0.05, 0) is 60.0 Å². The molecule has 6 nitrogen and oxygen atoms in total. The molecule has 3 aromatic rings. The van der Waals surface area contributed by atoms with Crippen LogP contribution in [0.4, 0.5) is 10.5 Å². The first-order valence-corrected chi connectivity index (χ1v) is 10.1. The molecule has 0 unspecified atom stereocenters. The maximum absolute atomic E-state index is 13.4. The van der Waals surface area contributed by atoms with E-state index in [1.165, 1.54) is 6.08 Å². The Bertz CT molecular complexity index is 1290. The third-order valence-corrected chi connectivity index (χ3v) is 5.14. The van der Waals surface area contributed by atoms with Crippen LogP contribution in [0, 0.1) is 13.8 Å². The number of imide groups is 2. The van der Waals surface area contributed by atoms with Gasteiger partial charge in [0.05, 0.1) is 5.69 Å². The number of anilines is 1. The first-order chi connectivity index (χ1) is 15.4. The monoisotopic (exact) mass is 426 g/mol. The summed E-state index contributed by atoms with van der Waals surface area (Å²) in [6.07, 6.45) is 3.10. The number of benzene rings is 3. The molecule has 1 aliphatic heterocycles. The molecule has 0 aliphatic carbocycles. The smallest absolute Gasteiger partial charge is 0.335 e. The van der Waals surface area contributed by atoms with Crippen LogP contribution in [-0.4, -0.2) is 24.5 Å². The molecule has 0 bridgehead atoms. The molecular weight excluding hydrogens is 404 g/mol. The molecule has 32 heavy (non-hydrogen) atoms. The summed E-state index contributed by atoms with van der Waals surface area (Å²) in [5, 5.41) is 4.02. The third-order valence-electron chi connectivity index (χ3n) is 5.14. The second-order valence-electron chi connectivity index (χ2n) is 7.60. The molecule has 160 valence electrons. The number of carbonyl (C=O) groups is 3. The number of barbiturate groups is 1. The highest BCUT2D eigenvalue weighted by Crippen LogP contribution is 2.32. The average Bonchev–Trinajstić information content (AvgIpc) is 2.74. The van der Waals surface area contributed by atoms with Crippen molar-refractivity contribution in [3.63, 3.8) is 0 Å². The zero-order chi connectivity index (χ0) is 22.8. The summed E-state index contributed by atoms with van der Waals surface area (Å²) in [7, 11) is 0. The van der Waals surface area contributed by atoms with Gasteiger partial charge in [-0.25, -0.2) is 9.69 Å². The predicted octanol–water partition coefficient (Wildman–Crippen LogP) is 4.69. The van der Waals surface area contributed by atoms with Crippen molar-refractivity contribution in [1.29, 1.82) is 0 Å². The van der Waals surface area contributed by atoms with Crippen molar-refractivity contribution in [1.82, 2.24) is 5.32 Å². The third kappa shape index (κ3) is 3.90. The second kappa shape index (κ2) is 8.51. The summed E-state index contributed by atoms with van der Waals surface area (Å²) in [6.45, 7) is 7.69. The maximum atomic E-state index is 13.4. The van der Waals surface area contributed by atoms with Gasteiger partial charge in [-0.3, -0.25) is 14.9 Å². The lowest BCUT2D eigenvalue weighted by Crippen LogP contribution is -2.54. The van der Waals surface area contributed by atoms with Crippen LogP contribution in [0.15, 0.2) is 72.8 Å². The number of amides is 4. The zero-order valence-corrected chi connectivity index (χ0v) is 17.8. The summed E-state index contributed by atoms with van der Waals surface area (Å²) in [6, 6.07) is 15.9. The van der Waals surface area contributed by atoms with E-state index in [-0.39, 0.29) is 12.2 Å². The van der Waals surface area contributed by atoms with Gasteiger partial charge in [-0.15, -0.1) is 0 Å². The standard InChI is InChI=1S/C26H22N2O4/c1-4-11-32-23-10-9-18-7-5-6-8-20(18)21(23)15-22-24(29)27-26(31)28(25(22)30)19-13-16(2)12-17(3)14-19/h4-10,12-15H,1,11H2,2-3H3,(H,27,29,31)/b22-15+. The van der Waals surface area contributed by atoms with Gasteiger partial charge in [-0.2, -0.15) is 0 Å². The predicted molar refractivity (Wildman–Crippen MR) is 125 cm³/mol. The Labute approximate surface area is 185 Å². The van der Waals surface area contributed by atoms with Crippen LogP contribution in [-0.2, 0) is 9.59 Å². The first kappa shape index (κ1) is 21.1. The number of aryl methyl sites for hydroxylation is 2. The van der Waals surface area contributed by atoms with Gasteiger partial charge in [-0.1, -0.05) is 49.1 Å². The van der Waals surface area contributed by atoms with Crippen molar-refractivity contribution in [2.24, 2.45) is 0 Å². The summed E-state index contributed by atoms with van der Waals surface area (Å²) in [4.78, 5) is 39.6. The number of rotatable bonds is 5. The largest absolute Gasteiger partial charge is 0.489 e. The van der Waals surface area contributed by atoms with E-state index >= 15 is 0 Å². The molecule has 1 fully saturated rings. The summed E-state index contributed by atoms with van der Waals surface area (Å²) < 4.78 is 5.78. The molecular formula is C26H22N2O4. The Kier molecular flexibility index (Phi) is 5.60. The van der Waals surface area contributed by atoms with E-state index in [0.717, 1.165) is 26.8 Å². The Morgan fingerprint density at radius 3 is 2.44 bits per heavy atom. The number of nitrogens with one attached hydrogen (secondary N) is 1. The van der Waals surface area contributed by atoms with Crippen molar-refractivity contribution in [2.45, 2.75) is 13.8 Å². The quantitative estimate of drug-likeness (QED) is 0.365. The van der Waals surface area contributed by atoms with E-state index in [1.807, 2.05) is 50.2 Å². The minimum atomic E-state index is -0.775. The lowest BCUT2D eigenvalue weighted by Gasteiger charge is -2.27. The van der Waals surface area contributed by atoms with Gasteiger partial charge in [0.25, 0.3) is 11.8 Å².